The van der Waals surface area contributed by atoms with Gasteiger partial charge in [0.1, 0.15) is 42.0 Å². The highest BCUT2D eigenvalue weighted by Crippen LogP contribution is 2.48. The number of fused-ring (bicyclic) bond motifs is 10. The van der Waals surface area contributed by atoms with Crippen LogP contribution in [0.3, 0.4) is 0 Å². The first-order valence-electron chi connectivity index (χ1n) is 16.3. The van der Waals surface area contributed by atoms with Gasteiger partial charge in [-0.3, -0.25) is 14.4 Å². The fourth-order valence-corrected chi connectivity index (χ4v) is 7.55. The number of phenols is 2. The maximum atomic E-state index is 14.5. The first-order chi connectivity index (χ1) is 24.7. The van der Waals surface area contributed by atoms with E-state index in [1.807, 2.05) is 30.3 Å². The first kappa shape index (κ1) is 31.9. The average molecular weight is 698 g/mol. The van der Waals surface area contributed by atoms with Crippen LogP contribution in [0.4, 0.5) is 0 Å². The van der Waals surface area contributed by atoms with Gasteiger partial charge in [-0.2, -0.15) is 0 Å². The number of aromatic hydroxyl groups is 2. The van der Waals surface area contributed by atoms with E-state index in [0.717, 1.165) is 5.56 Å². The molecular formula is C36H31N3O12. The molecule has 2 saturated heterocycles. The van der Waals surface area contributed by atoms with Crippen LogP contribution < -0.4 is 0 Å². The molecule has 51 heavy (non-hydrogen) atoms. The summed E-state index contributed by atoms with van der Waals surface area (Å²) in [4.78, 5) is 38.1. The lowest BCUT2D eigenvalue weighted by molar-refractivity contribution is -0.262. The molecule has 0 saturated carbocycles. The SMILES string of the molecule is O=C1c2c(c3c4ccc(O)cc4n([C@@H]4O[C@H](CO)[C@@H](O)[C@H](O)[C@H]4O)c3c3[nH]c4cc(O)ccc4c23)C(=O)N1OC1COC(c2ccccc2)OC1. The first-order valence-corrected chi connectivity index (χ1v) is 16.3. The number of ether oxygens (including phenoxy) is 3. The highest BCUT2D eigenvalue weighted by Gasteiger charge is 2.48. The van der Waals surface area contributed by atoms with Crippen LogP contribution in [-0.4, -0.2) is 107 Å². The van der Waals surface area contributed by atoms with Crippen molar-refractivity contribution in [2.45, 2.75) is 43.0 Å². The largest absolute Gasteiger partial charge is 0.508 e. The Balaban J connectivity index is 1.24. The van der Waals surface area contributed by atoms with Crippen molar-refractivity contribution in [1.82, 2.24) is 14.6 Å². The van der Waals surface area contributed by atoms with Crippen LogP contribution in [0.2, 0.25) is 0 Å². The van der Waals surface area contributed by atoms with E-state index in [1.54, 1.807) is 12.1 Å². The number of phenolic OH excluding ortho intramolecular Hbond substituents is 2. The lowest BCUT2D eigenvalue weighted by atomic mass is 9.96. The molecule has 15 nitrogen and oxygen atoms in total. The summed E-state index contributed by atoms with van der Waals surface area (Å²) in [6.07, 6.45) is -9.37. The molecule has 3 aliphatic rings. The Bertz CT molecular complexity index is 2380. The van der Waals surface area contributed by atoms with Gasteiger partial charge in [0.25, 0.3) is 11.8 Å². The van der Waals surface area contributed by atoms with Crippen molar-refractivity contribution >= 4 is 55.4 Å². The predicted molar refractivity (Wildman–Crippen MR) is 178 cm³/mol. The number of hydroxylamine groups is 2. The van der Waals surface area contributed by atoms with E-state index < -0.39 is 61.5 Å². The van der Waals surface area contributed by atoms with Gasteiger partial charge in [0.15, 0.2) is 12.5 Å². The summed E-state index contributed by atoms with van der Waals surface area (Å²) in [5, 5.41) is 65.8. The maximum Gasteiger partial charge on any atom is 0.286 e. The number of amides is 2. The quantitative estimate of drug-likeness (QED) is 0.129. The summed E-state index contributed by atoms with van der Waals surface area (Å²) < 4.78 is 19.2. The normalized spacial score (nSPS) is 27.0. The van der Waals surface area contributed by atoms with Crippen LogP contribution in [0.5, 0.6) is 11.5 Å². The molecule has 6 aromatic rings. The Hall–Kier alpha value is -5.10. The molecule has 0 spiro atoms. The van der Waals surface area contributed by atoms with Crippen LogP contribution >= 0.6 is 0 Å². The molecule has 15 heteroatoms. The second-order valence-electron chi connectivity index (χ2n) is 12.9. The zero-order valence-corrected chi connectivity index (χ0v) is 26.5. The van der Waals surface area contributed by atoms with Gasteiger partial charge in [-0.1, -0.05) is 30.3 Å². The van der Waals surface area contributed by atoms with E-state index in [9.17, 15) is 40.2 Å². The molecule has 0 aliphatic carbocycles. The van der Waals surface area contributed by atoms with Crippen molar-refractivity contribution in [1.29, 1.82) is 0 Å². The third-order valence-electron chi connectivity index (χ3n) is 9.87. The van der Waals surface area contributed by atoms with Crippen molar-refractivity contribution in [2.24, 2.45) is 0 Å². The van der Waals surface area contributed by atoms with E-state index in [4.69, 9.17) is 19.0 Å². The fourth-order valence-electron chi connectivity index (χ4n) is 7.55. The summed E-state index contributed by atoms with van der Waals surface area (Å²) in [5.41, 5.74) is 1.97. The van der Waals surface area contributed by atoms with Gasteiger partial charge in [0.2, 0.25) is 0 Å². The zero-order chi connectivity index (χ0) is 35.3. The number of imide groups is 1. The monoisotopic (exact) mass is 697 g/mol. The Labute approximate surface area is 286 Å². The molecule has 4 aromatic carbocycles. The number of carbonyl (C=O) groups is 2. The minimum absolute atomic E-state index is 0.0137. The summed E-state index contributed by atoms with van der Waals surface area (Å²) in [6.45, 7) is -0.667. The standard InChI is InChI=1S/C36H31N3O12/c40-12-23-30(43)31(44)32(45)35(50-23)38-22-11-17(42)7-9-20(22)25-27-26(24-19-8-6-16(41)10-21(19)37-28(24)29(25)38)33(46)39(34(27)47)51-18-13-48-36(49-14-18)15-4-2-1-3-5-15/h1-11,18,23,30-32,35-37,40-45H,12-14H2/t18?,23-,30-,31+,32-,35-,36?/m1/s1. The summed E-state index contributed by atoms with van der Waals surface area (Å²) >= 11 is 0. The summed E-state index contributed by atoms with van der Waals surface area (Å²) in [6, 6.07) is 18.1. The van der Waals surface area contributed by atoms with E-state index in [2.05, 4.69) is 4.98 Å². The molecule has 7 N–H and O–H groups in total. The number of rotatable bonds is 5. The minimum atomic E-state index is -1.75. The molecule has 2 fully saturated rings. The Morgan fingerprint density at radius 3 is 2.18 bits per heavy atom. The zero-order valence-electron chi connectivity index (χ0n) is 26.5. The molecule has 2 amide bonds. The Morgan fingerprint density at radius 2 is 1.47 bits per heavy atom. The number of aromatic nitrogens is 2. The summed E-state index contributed by atoms with van der Waals surface area (Å²) in [5.74, 6) is -1.79. The molecule has 0 radical (unpaired) electrons. The molecule has 9 rings (SSSR count). The van der Waals surface area contributed by atoms with Crippen molar-refractivity contribution in [3.63, 3.8) is 0 Å². The van der Waals surface area contributed by atoms with Gasteiger partial charge in [-0.25, -0.2) is 0 Å². The van der Waals surface area contributed by atoms with Gasteiger partial charge in [0, 0.05) is 39.2 Å². The van der Waals surface area contributed by atoms with Crippen LogP contribution in [0.25, 0.3) is 43.6 Å². The molecule has 0 unspecified atom stereocenters. The molecule has 3 aliphatic heterocycles. The van der Waals surface area contributed by atoms with E-state index >= 15 is 0 Å². The van der Waals surface area contributed by atoms with E-state index in [-0.39, 0.29) is 52.3 Å². The fraction of sp³-hybridized carbons (Fsp3) is 0.278. The Morgan fingerprint density at radius 1 is 0.804 bits per heavy atom. The second kappa shape index (κ2) is 11.7. The van der Waals surface area contributed by atoms with Gasteiger partial charge in [-0.05, 0) is 24.3 Å². The van der Waals surface area contributed by atoms with Gasteiger partial charge < -0.3 is 54.4 Å². The number of carbonyl (C=O) groups excluding carboxylic acids is 2. The minimum Gasteiger partial charge on any atom is -0.508 e. The number of nitrogens with zero attached hydrogens (tertiary/aromatic N) is 2. The summed E-state index contributed by atoms with van der Waals surface area (Å²) in [7, 11) is 0. The lowest BCUT2D eigenvalue weighted by Gasteiger charge is -2.41. The topological polar surface area (TPSA) is 216 Å². The van der Waals surface area contributed by atoms with Gasteiger partial charge in [0.05, 0.1) is 53.0 Å². The van der Waals surface area contributed by atoms with Gasteiger partial charge >= 0.3 is 0 Å². The van der Waals surface area contributed by atoms with Crippen molar-refractivity contribution in [3.05, 3.63) is 83.4 Å². The number of aromatic amines is 1. The van der Waals surface area contributed by atoms with Crippen LogP contribution in [0.15, 0.2) is 66.7 Å². The van der Waals surface area contributed by atoms with Crippen molar-refractivity contribution in [2.75, 3.05) is 19.8 Å². The molecule has 5 atom stereocenters. The second-order valence-corrected chi connectivity index (χ2v) is 12.9. The lowest BCUT2D eigenvalue weighted by Crippen LogP contribution is -2.56. The third kappa shape index (κ3) is 4.68. The molecular weight excluding hydrogens is 666 g/mol. The maximum absolute atomic E-state index is 14.5. The number of hydrogen-bond donors (Lipinski definition) is 7. The van der Waals surface area contributed by atoms with Crippen molar-refractivity contribution < 1.29 is 59.3 Å². The number of benzene rings is 4. The number of H-pyrrole nitrogens is 1. The molecule has 0 bridgehead atoms. The smallest absolute Gasteiger partial charge is 0.286 e. The third-order valence-corrected chi connectivity index (χ3v) is 9.87. The predicted octanol–water partition coefficient (Wildman–Crippen LogP) is 2.45. The highest BCUT2D eigenvalue weighted by molar-refractivity contribution is 6.39. The van der Waals surface area contributed by atoms with Crippen LogP contribution in [0.1, 0.15) is 38.8 Å². The number of hydrogen-bond acceptors (Lipinski definition) is 12. The van der Waals surface area contributed by atoms with Crippen LogP contribution in [-0.2, 0) is 19.0 Å². The highest BCUT2D eigenvalue weighted by atomic mass is 16.8. The average Bonchev–Trinajstić information content (AvgIpc) is 3.75. The molecule has 2 aromatic heterocycles. The Kier molecular flexibility index (Phi) is 7.32. The van der Waals surface area contributed by atoms with E-state index in [0.29, 0.717) is 32.3 Å². The van der Waals surface area contributed by atoms with Crippen molar-refractivity contribution in [3.8, 4) is 11.5 Å². The molecule has 5 heterocycles. The number of nitrogens with one attached hydrogen (secondary N) is 1. The van der Waals surface area contributed by atoms with Crippen LogP contribution in [0, 0.1) is 0 Å². The number of aliphatic hydroxyl groups excluding tert-OH is 4. The van der Waals surface area contributed by atoms with Gasteiger partial charge in [-0.15, -0.1) is 5.06 Å². The van der Waals surface area contributed by atoms with E-state index in [1.165, 1.54) is 28.8 Å². The molecule has 262 valence electrons. The number of aliphatic hydroxyl groups is 4.